The molecule has 0 saturated heterocycles. The van der Waals surface area contributed by atoms with Crippen LogP contribution >= 0.6 is 0 Å². The molecule has 2 heteroatoms. The SMILES string of the molecule is CC(=O)c1ccc2ccocc1-2. The van der Waals surface area contributed by atoms with Gasteiger partial charge in [0.05, 0.1) is 12.5 Å². The fourth-order valence-corrected chi connectivity index (χ4v) is 1.31. The summed E-state index contributed by atoms with van der Waals surface area (Å²) in [5.74, 6) is 0.0754. The van der Waals surface area contributed by atoms with Crippen molar-refractivity contribution >= 4 is 5.78 Å². The van der Waals surface area contributed by atoms with E-state index in [4.69, 9.17) is 4.42 Å². The number of hydrogen-bond donors (Lipinski definition) is 0. The van der Waals surface area contributed by atoms with Crippen molar-refractivity contribution in [3.05, 3.63) is 36.3 Å². The molecule has 1 aliphatic carbocycles. The molecule has 0 atom stereocenters. The highest BCUT2D eigenvalue weighted by molar-refractivity contribution is 6.01. The summed E-state index contributed by atoms with van der Waals surface area (Å²) in [6.45, 7) is 1.56. The molecule has 60 valence electrons. The van der Waals surface area contributed by atoms with Crippen molar-refractivity contribution in [2.24, 2.45) is 0 Å². The van der Waals surface area contributed by atoms with Crippen molar-refractivity contribution in [2.45, 2.75) is 6.92 Å². The maximum absolute atomic E-state index is 11.1. The van der Waals surface area contributed by atoms with E-state index in [0.29, 0.717) is 0 Å². The van der Waals surface area contributed by atoms with Crippen LogP contribution in [-0.4, -0.2) is 5.78 Å². The molecule has 0 amide bonds. The first-order valence-corrected chi connectivity index (χ1v) is 3.75. The van der Waals surface area contributed by atoms with Gasteiger partial charge in [0.25, 0.3) is 0 Å². The highest BCUT2D eigenvalue weighted by Crippen LogP contribution is 2.27. The van der Waals surface area contributed by atoms with Crippen molar-refractivity contribution in [2.75, 3.05) is 0 Å². The standard InChI is InChI=1S/C10H8O2/c1-7(11)9-3-2-8-4-5-12-6-10(8)9/h2-6H,1H3. The quantitative estimate of drug-likeness (QED) is 0.600. The molecule has 0 aromatic rings. The van der Waals surface area contributed by atoms with Crippen LogP contribution in [0.25, 0.3) is 11.1 Å². The van der Waals surface area contributed by atoms with E-state index in [1.54, 1.807) is 19.5 Å². The van der Waals surface area contributed by atoms with Crippen LogP contribution in [0.5, 0.6) is 0 Å². The number of rotatable bonds is 1. The predicted octanol–water partition coefficient (Wildman–Crippen LogP) is 2.59. The van der Waals surface area contributed by atoms with Crippen LogP contribution in [0, 0.1) is 0 Å². The second-order valence-electron chi connectivity index (χ2n) is 2.73. The summed E-state index contributed by atoms with van der Waals surface area (Å²) in [7, 11) is 0. The van der Waals surface area contributed by atoms with Crippen LogP contribution < -0.4 is 0 Å². The van der Waals surface area contributed by atoms with Gasteiger partial charge < -0.3 is 4.42 Å². The fourth-order valence-electron chi connectivity index (χ4n) is 1.31. The lowest BCUT2D eigenvalue weighted by Crippen LogP contribution is -1.90. The lowest BCUT2D eigenvalue weighted by Gasteiger charge is -1.97. The monoisotopic (exact) mass is 160 g/mol. The van der Waals surface area contributed by atoms with Gasteiger partial charge in [-0.3, -0.25) is 4.79 Å². The zero-order valence-electron chi connectivity index (χ0n) is 6.70. The summed E-state index contributed by atoms with van der Waals surface area (Å²) in [6.07, 6.45) is 3.21. The van der Waals surface area contributed by atoms with Gasteiger partial charge in [0.2, 0.25) is 0 Å². The Bertz CT molecular complexity index is 387. The van der Waals surface area contributed by atoms with Gasteiger partial charge in [0.1, 0.15) is 0 Å². The zero-order valence-corrected chi connectivity index (χ0v) is 6.70. The summed E-state index contributed by atoms with van der Waals surface area (Å²) >= 11 is 0. The predicted molar refractivity (Wildman–Crippen MR) is 45.3 cm³/mol. The topological polar surface area (TPSA) is 30.2 Å². The first-order valence-electron chi connectivity index (χ1n) is 3.75. The number of ketones is 1. The van der Waals surface area contributed by atoms with Gasteiger partial charge in [-0.15, -0.1) is 0 Å². The van der Waals surface area contributed by atoms with Gasteiger partial charge in [-0.05, 0) is 18.6 Å². The Hall–Kier alpha value is -1.57. The average molecular weight is 160 g/mol. The third-order valence-corrected chi connectivity index (χ3v) is 1.92. The van der Waals surface area contributed by atoms with E-state index in [9.17, 15) is 4.79 Å². The maximum atomic E-state index is 11.1. The number of Topliss-reactive ketones (excluding diaryl/α,β-unsaturated/α-hetero) is 1. The highest BCUT2D eigenvalue weighted by atomic mass is 16.3. The number of hydrogen-bond acceptors (Lipinski definition) is 2. The molecule has 0 aromatic heterocycles. The van der Waals surface area contributed by atoms with E-state index in [-0.39, 0.29) is 5.78 Å². The summed E-state index contributed by atoms with van der Waals surface area (Å²) < 4.78 is 4.99. The molecule has 0 fully saturated rings. The molecule has 1 aliphatic heterocycles. The van der Waals surface area contributed by atoms with Gasteiger partial charge in [0.15, 0.2) is 5.78 Å². The van der Waals surface area contributed by atoms with Crippen LogP contribution in [0.4, 0.5) is 0 Å². The number of carbonyl (C=O) groups excluding carboxylic acids is 1. The Morgan fingerprint density at radius 2 is 2.17 bits per heavy atom. The molecular formula is C10H8O2. The molecule has 2 aliphatic rings. The molecule has 0 spiro atoms. The Morgan fingerprint density at radius 3 is 2.92 bits per heavy atom. The van der Waals surface area contributed by atoms with Crippen molar-refractivity contribution in [3.63, 3.8) is 0 Å². The summed E-state index contributed by atoms with van der Waals surface area (Å²) in [6, 6.07) is 5.59. The van der Waals surface area contributed by atoms with Gasteiger partial charge in [-0.1, -0.05) is 12.1 Å². The first kappa shape index (κ1) is 7.10. The lowest BCUT2D eigenvalue weighted by atomic mass is 10.1. The third-order valence-electron chi connectivity index (χ3n) is 1.92. The lowest BCUT2D eigenvalue weighted by molar-refractivity contribution is 0.101. The van der Waals surface area contributed by atoms with Crippen molar-refractivity contribution in [1.29, 1.82) is 0 Å². The summed E-state index contributed by atoms with van der Waals surface area (Å²) in [5, 5.41) is 0. The Balaban J connectivity index is 2.67. The third kappa shape index (κ3) is 0.925. The zero-order chi connectivity index (χ0) is 8.55. The van der Waals surface area contributed by atoms with Gasteiger partial charge in [-0.2, -0.15) is 0 Å². The molecule has 0 radical (unpaired) electrons. The van der Waals surface area contributed by atoms with Crippen molar-refractivity contribution in [3.8, 4) is 11.1 Å². The normalized spacial score (nSPS) is 10.4. The van der Waals surface area contributed by atoms with Crippen molar-refractivity contribution in [1.82, 2.24) is 0 Å². The highest BCUT2D eigenvalue weighted by Gasteiger charge is 2.11. The molecule has 0 unspecified atom stereocenters. The Morgan fingerprint density at radius 1 is 1.33 bits per heavy atom. The minimum Gasteiger partial charge on any atom is -0.472 e. The van der Waals surface area contributed by atoms with Crippen LogP contribution in [-0.2, 0) is 0 Å². The van der Waals surface area contributed by atoms with Gasteiger partial charge in [0, 0.05) is 11.1 Å². The minimum atomic E-state index is 0.0754. The largest absolute Gasteiger partial charge is 0.472 e. The van der Waals surface area contributed by atoms with E-state index in [1.165, 1.54) is 0 Å². The molecule has 0 bridgehead atoms. The molecule has 2 rings (SSSR count). The van der Waals surface area contributed by atoms with Crippen LogP contribution in [0.1, 0.15) is 17.3 Å². The Kier molecular flexibility index (Phi) is 1.47. The second-order valence-corrected chi connectivity index (χ2v) is 2.73. The molecule has 0 aromatic carbocycles. The number of fused-ring (bicyclic) bond motifs is 1. The smallest absolute Gasteiger partial charge is 0.160 e. The number of carbonyl (C=O) groups is 1. The van der Waals surface area contributed by atoms with Gasteiger partial charge >= 0.3 is 0 Å². The molecule has 0 saturated carbocycles. The molecule has 1 heterocycles. The molecule has 12 heavy (non-hydrogen) atoms. The van der Waals surface area contributed by atoms with Crippen LogP contribution in [0.3, 0.4) is 0 Å². The second kappa shape index (κ2) is 2.48. The van der Waals surface area contributed by atoms with Crippen LogP contribution in [0.2, 0.25) is 0 Å². The average Bonchev–Trinajstić information content (AvgIpc) is 2.47. The van der Waals surface area contributed by atoms with Crippen molar-refractivity contribution < 1.29 is 9.21 Å². The molecular weight excluding hydrogens is 152 g/mol. The fraction of sp³-hybridized carbons (Fsp3) is 0.100. The van der Waals surface area contributed by atoms with E-state index in [2.05, 4.69) is 0 Å². The summed E-state index contributed by atoms with van der Waals surface area (Å²) in [5.41, 5.74) is 2.67. The minimum absolute atomic E-state index is 0.0754. The first-order chi connectivity index (χ1) is 5.79. The van der Waals surface area contributed by atoms with Crippen LogP contribution in [0.15, 0.2) is 35.1 Å². The van der Waals surface area contributed by atoms with E-state index in [0.717, 1.165) is 16.7 Å². The Labute approximate surface area is 70.2 Å². The van der Waals surface area contributed by atoms with Gasteiger partial charge in [-0.25, -0.2) is 0 Å². The van der Waals surface area contributed by atoms with E-state index in [1.807, 2.05) is 18.2 Å². The molecule has 0 N–H and O–H groups in total. The summed E-state index contributed by atoms with van der Waals surface area (Å²) in [4.78, 5) is 11.1. The maximum Gasteiger partial charge on any atom is 0.160 e. The van der Waals surface area contributed by atoms with E-state index >= 15 is 0 Å². The van der Waals surface area contributed by atoms with E-state index < -0.39 is 0 Å². The molecule has 2 nitrogen and oxygen atoms in total.